The molecule has 0 saturated carbocycles. The van der Waals surface area contributed by atoms with Crippen molar-refractivity contribution in [3.63, 3.8) is 0 Å². The molecule has 1 heterocycles. The number of hydrogen-bond donors (Lipinski definition) is 1. The van der Waals surface area contributed by atoms with E-state index in [1.807, 2.05) is 6.07 Å². The molecule has 31 heavy (non-hydrogen) atoms. The highest BCUT2D eigenvalue weighted by Crippen LogP contribution is 2.21. The molecule has 4 aromatic rings. The minimum Gasteiger partial charge on any atom is -0.322 e. The van der Waals surface area contributed by atoms with E-state index < -0.39 is 9.84 Å². The Balaban J connectivity index is 1.52. The van der Waals surface area contributed by atoms with E-state index in [-0.39, 0.29) is 16.6 Å². The summed E-state index contributed by atoms with van der Waals surface area (Å²) in [7, 11) is -1.77. The van der Waals surface area contributed by atoms with Crippen LogP contribution in [-0.4, -0.2) is 34.5 Å². The topological polar surface area (TPSA) is 107 Å². The van der Waals surface area contributed by atoms with Crippen molar-refractivity contribution in [1.29, 1.82) is 0 Å². The molecule has 0 unspecified atom stereocenters. The first-order chi connectivity index (χ1) is 14.9. The first kappa shape index (κ1) is 20.4. The van der Waals surface area contributed by atoms with Crippen LogP contribution in [0.15, 0.2) is 83.8 Å². The third kappa shape index (κ3) is 4.67. The van der Waals surface area contributed by atoms with Crippen molar-refractivity contribution >= 4 is 21.4 Å². The van der Waals surface area contributed by atoms with Crippen LogP contribution >= 0.6 is 0 Å². The van der Waals surface area contributed by atoms with E-state index in [1.165, 1.54) is 4.68 Å². The van der Waals surface area contributed by atoms with Gasteiger partial charge in [-0.25, -0.2) is 13.1 Å². The molecule has 9 heteroatoms. The number of tetrazole rings is 1. The highest BCUT2D eigenvalue weighted by atomic mass is 32.2. The highest BCUT2D eigenvalue weighted by Gasteiger charge is 2.16. The summed E-state index contributed by atoms with van der Waals surface area (Å²) in [6.45, 7) is 0. The zero-order valence-electron chi connectivity index (χ0n) is 16.6. The van der Waals surface area contributed by atoms with Gasteiger partial charge in [-0.3, -0.25) is 4.79 Å². The maximum absolute atomic E-state index is 12.8. The number of sulfone groups is 1. The van der Waals surface area contributed by atoms with Crippen LogP contribution < -0.4 is 5.32 Å². The Hall–Kier alpha value is -3.85. The number of aromatic nitrogens is 4. The van der Waals surface area contributed by atoms with Gasteiger partial charge in [-0.1, -0.05) is 42.5 Å². The molecule has 1 amide bonds. The molecule has 0 bridgehead atoms. The maximum atomic E-state index is 12.8. The van der Waals surface area contributed by atoms with Crippen molar-refractivity contribution in [2.75, 3.05) is 5.32 Å². The smallest absolute Gasteiger partial charge is 0.255 e. The summed E-state index contributed by atoms with van der Waals surface area (Å²) in [5.74, 6) is 0.0451. The predicted molar refractivity (Wildman–Crippen MR) is 116 cm³/mol. The van der Waals surface area contributed by atoms with Crippen molar-refractivity contribution in [3.8, 4) is 11.4 Å². The van der Waals surface area contributed by atoms with E-state index in [0.29, 0.717) is 22.6 Å². The molecule has 0 fully saturated rings. The average molecular weight is 433 g/mol. The molecule has 3 aromatic carbocycles. The first-order valence-corrected chi connectivity index (χ1v) is 11.1. The minimum absolute atomic E-state index is 0.188. The lowest BCUT2D eigenvalue weighted by Gasteiger charge is -2.09. The number of nitrogens with one attached hydrogen (secondary N) is 1. The van der Waals surface area contributed by atoms with Crippen LogP contribution in [0.3, 0.4) is 0 Å². The van der Waals surface area contributed by atoms with Gasteiger partial charge in [-0.05, 0) is 52.4 Å². The Labute approximate surface area is 179 Å². The van der Waals surface area contributed by atoms with Crippen LogP contribution in [0.4, 0.5) is 5.69 Å². The Morgan fingerprint density at radius 3 is 2.48 bits per heavy atom. The lowest BCUT2D eigenvalue weighted by molar-refractivity contribution is 0.102. The lowest BCUT2D eigenvalue weighted by atomic mass is 10.1. The van der Waals surface area contributed by atoms with Crippen LogP contribution in [0, 0.1) is 0 Å². The molecule has 0 radical (unpaired) electrons. The molecule has 0 saturated heterocycles. The fraction of sp³-hybridized carbons (Fsp3) is 0.0909. The lowest BCUT2D eigenvalue weighted by Crippen LogP contribution is -2.13. The molecule has 0 spiro atoms. The fourth-order valence-corrected chi connectivity index (χ4v) is 4.50. The zero-order valence-corrected chi connectivity index (χ0v) is 17.5. The monoisotopic (exact) mass is 433 g/mol. The van der Waals surface area contributed by atoms with Crippen molar-refractivity contribution < 1.29 is 13.2 Å². The molecule has 0 aliphatic rings. The van der Waals surface area contributed by atoms with Crippen molar-refractivity contribution in [3.05, 3.63) is 90.0 Å². The predicted octanol–water partition coefficient (Wildman–Crippen LogP) is 3.10. The molecule has 8 nitrogen and oxygen atoms in total. The van der Waals surface area contributed by atoms with Crippen LogP contribution in [0.1, 0.15) is 15.9 Å². The second-order valence-electron chi connectivity index (χ2n) is 6.93. The normalized spacial score (nSPS) is 11.3. The van der Waals surface area contributed by atoms with Crippen LogP contribution in [0.25, 0.3) is 11.4 Å². The van der Waals surface area contributed by atoms with E-state index in [1.54, 1.807) is 79.8 Å². The second-order valence-corrected chi connectivity index (χ2v) is 8.92. The van der Waals surface area contributed by atoms with Gasteiger partial charge in [-0.15, -0.1) is 5.10 Å². The van der Waals surface area contributed by atoms with Crippen molar-refractivity contribution in [2.24, 2.45) is 7.05 Å². The molecular weight excluding hydrogens is 414 g/mol. The molecular formula is C22H19N5O3S. The quantitative estimate of drug-likeness (QED) is 0.501. The Kier molecular flexibility index (Phi) is 5.59. The van der Waals surface area contributed by atoms with Gasteiger partial charge in [0.25, 0.3) is 5.91 Å². The summed E-state index contributed by atoms with van der Waals surface area (Å²) < 4.78 is 26.8. The number of anilines is 1. The molecule has 4 rings (SSSR count). The molecule has 0 aliphatic carbocycles. The number of nitrogens with zero attached hydrogens (tertiary/aromatic N) is 4. The summed E-state index contributed by atoms with van der Waals surface area (Å²) in [4.78, 5) is 13.0. The number of rotatable bonds is 6. The highest BCUT2D eigenvalue weighted by molar-refractivity contribution is 7.90. The number of amides is 1. The third-order valence-electron chi connectivity index (χ3n) is 4.65. The van der Waals surface area contributed by atoms with E-state index >= 15 is 0 Å². The maximum Gasteiger partial charge on any atom is 0.255 e. The molecule has 156 valence electrons. The minimum atomic E-state index is -3.50. The number of carbonyl (C=O) groups excluding carboxylic acids is 1. The standard InChI is InChI=1S/C22H19N5O3S/c1-27-21(24-25-26-27)17-8-6-10-19(14-17)23-22(28)18-9-5-7-16(13-18)15-31(29,30)20-11-3-2-4-12-20/h2-14H,15H2,1H3,(H,23,28). The average Bonchev–Trinajstić information content (AvgIpc) is 3.20. The zero-order chi connectivity index (χ0) is 21.8. The Morgan fingerprint density at radius 2 is 1.74 bits per heavy atom. The van der Waals surface area contributed by atoms with Gasteiger partial charge in [0.1, 0.15) is 0 Å². The van der Waals surface area contributed by atoms with Gasteiger partial charge in [0.2, 0.25) is 0 Å². The SMILES string of the molecule is Cn1nnnc1-c1cccc(NC(=O)c2cccc(CS(=O)(=O)c3ccccc3)c2)c1. The Morgan fingerprint density at radius 1 is 0.968 bits per heavy atom. The Bertz CT molecular complexity index is 1330. The van der Waals surface area contributed by atoms with Gasteiger partial charge in [0.05, 0.1) is 10.6 Å². The molecule has 1 N–H and O–H groups in total. The van der Waals surface area contributed by atoms with Gasteiger partial charge in [0, 0.05) is 23.9 Å². The van der Waals surface area contributed by atoms with Crippen LogP contribution in [0.5, 0.6) is 0 Å². The fourth-order valence-electron chi connectivity index (χ4n) is 3.15. The van der Waals surface area contributed by atoms with Crippen molar-refractivity contribution in [2.45, 2.75) is 10.6 Å². The largest absolute Gasteiger partial charge is 0.322 e. The second kappa shape index (κ2) is 8.49. The van der Waals surface area contributed by atoms with E-state index in [4.69, 9.17) is 0 Å². The summed E-state index contributed by atoms with van der Waals surface area (Å²) in [5, 5.41) is 14.2. The van der Waals surface area contributed by atoms with Gasteiger partial charge in [-0.2, -0.15) is 0 Å². The number of aryl methyl sites for hydroxylation is 1. The van der Waals surface area contributed by atoms with E-state index in [0.717, 1.165) is 5.56 Å². The molecule has 1 aromatic heterocycles. The first-order valence-electron chi connectivity index (χ1n) is 9.43. The van der Waals surface area contributed by atoms with Gasteiger partial charge < -0.3 is 5.32 Å². The van der Waals surface area contributed by atoms with Crippen LogP contribution in [0.2, 0.25) is 0 Å². The summed E-state index contributed by atoms with van der Waals surface area (Å²) in [5.41, 5.74) is 2.24. The summed E-state index contributed by atoms with van der Waals surface area (Å²) in [6, 6.07) is 22.0. The molecule has 0 aliphatic heterocycles. The van der Waals surface area contributed by atoms with Crippen LogP contribution in [-0.2, 0) is 22.6 Å². The number of carbonyl (C=O) groups is 1. The summed E-state index contributed by atoms with van der Waals surface area (Å²) in [6.07, 6.45) is 0. The number of benzene rings is 3. The van der Waals surface area contributed by atoms with Gasteiger partial charge >= 0.3 is 0 Å². The summed E-state index contributed by atoms with van der Waals surface area (Å²) >= 11 is 0. The van der Waals surface area contributed by atoms with Gasteiger partial charge in [0.15, 0.2) is 15.7 Å². The number of hydrogen-bond acceptors (Lipinski definition) is 6. The van der Waals surface area contributed by atoms with E-state index in [9.17, 15) is 13.2 Å². The molecule has 0 atom stereocenters. The third-order valence-corrected chi connectivity index (χ3v) is 6.35. The van der Waals surface area contributed by atoms with E-state index in [2.05, 4.69) is 20.8 Å². The van der Waals surface area contributed by atoms with Crippen molar-refractivity contribution in [1.82, 2.24) is 20.2 Å².